The number of aliphatic hydroxyl groups is 1. The number of hydrogen-bond donors (Lipinski definition) is 4. The highest BCUT2D eigenvalue weighted by Crippen LogP contribution is 2.40. The number of aliphatic hydroxyl groups excluding tert-OH is 1. The number of carbonyl (C=O) groups is 4. The smallest absolute Gasteiger partial charge is 0.256 e. The highest BCUT2D eigenvalue weighted by atomic mass is 35.5. The third-order valence-electron chi connectivity index (χ3n) is 13.0. The van der Waals surface area contributed by atoms with Gasteiger partial charge in [0.2, 0.25) is 23.6 Å². The van der Waals surface area contributed by atoms with Gasteiger partial charge in [0.05, 0.1) is 57.9 Å². The average Bonchev–Trinajstić information content (AvgIpc) is 4.04. The van der Waals surface area contributed by atoms with Crippen LogP contribution >= 0.6 is 22.9 Å². The van der Waals surface area contributed by atoms with Crippen molar-refractivity contribution < 1.29 is 37.5 Å². The van der Waals surface area contributed by atoms with Gasteiger partial charge in [0, 0.05) is 49.5 Å². The SMILES string of the molecule is Cc1ncsc1-c1ccc([C@H](C)NC(=O)[C@@H]2C[C@@H](O)CN2C(=O)[C@@H](NC(=O)CCCCCCCC(=O)N2CC[C@H](N=C3Nc4cc(F)ccc4N(CC(F)F)c4ccc(Cl)cc43)C2)C(C)(C)C)cc1. The normalized spacial score (nSPS) is 19.5. The maximum Gasteiger partial charge on any atom is 0.256 e. The summed E-state index contributed by atoms with van der Waals surface area (Å²) in [6.07, 6.45) is 1.32. The third kappa shape index (κ3) is 12.8. The first-order valence-electron chi connectivity index (χ1n) is 23.7. The number of β-amino-alcohol motifs (C(OH)–C–C–N with tert-alkyl or cyclic N) is 1. The number of aromatic nitrogens is 1. The Kier molecular flexibility index (Phi) is 16.7. The summed E-state index contributed by atoms with van der Waals surface area (Å²) in [5, 5.41) is 20.2. The highest BCUT2D eigenvalue weighted by Gasteiger charge is 2.45. The van der Waals surface area contributed by atoms with Crippen molar-refractivity contribution in [2.45, 2.75) is 129 Å². The fourth-order valence-electron chi connectivity index (χ4n) is 9.29. The number of carbonyl (C=O) groups excluding carboxylic acids is 4. The molecule has 7 rings (SSSR count). The fourth-order valence-corrected chi connectivity index (χ4v) is 10.3. The summed E-state index contributed by atoms with van der Waals surface area (Å²) >= 11 is 7.94. The lowest BCUT2D eigenvalue weighted by Crippen LogP contribution is -2.57. The van der Waals surface area contributed by atoms with E-state index in [0.29, 0.717) is 72.3 Å². The molecule has 4 N–H and O–H groups in total. The number of unbranched alkanes of at least 4 members (excludes halogenated alkanes) is 4. The van der Waals surface area contributed by atoms with E-state index in [4.69, 9.17) is 16.6 Å². The molecule has 4 aromatic rings. The highest BCUT2D eigenvalue weighted by molar-refractivity contribution is 7.13. The van der Waals surface area contributed by atoms with Crippen molar-refractivity contribution in [3.63, 3.8) is 0 Å². The van der Waals surface area contributed by atoms with E-state index in [1.807, 2.05) is 64.4 Å². The van der Waals surface area contributed by atoms with Crippen LogP contribution in [0, 0.1) is 18.2 Å². The van der Waals surface area contributed by atoms with Crippen molar-refractivity contribution in [1.29, 1.82) is 0 Å². The first-order valence-corrected chi connectivity index (χ1v) is 25.0. The molecular formula is C51H62ClF3N8O5S. The Balaban J connectivity index is 0.850. The maximum absolute atomic E-state index is 14.4. The Morgan fingerprint density at radius 2 is 1.67 bits per heavy atom. The molecule has 5 atom stereocenters. The van der Waals surface area contributed by atoms with Crippen molar-refractivity contribution in [2.24, 2.45) is 10.4 Å². The second kappa shape index (κ2) is 22.5. The van der Waals surface area contributed by atoms with Crippen LogP contribution in [0.3, 0.4) is 0 Å². The molecule has 3 aromatic carbocycles. The number of likely N-dealkylation sites (tertiary alicyclic amines) is 2. The van der Waals surface area contributed by atoms with Gasteiger partial charge >= 0.3 is 0 Å². The van der Waals surface area contributed by atoms with Gasteiger partial charge in [-0.05, 0) is 86.1 Å². The molecule has 0 radical (unpaired) electrons. The largest absolute Gasteiger partial charge is 0.391 e. The van der Waals surface area contributed by atoms with Crippen LogP contribution in [0.2, 0.25) is 5.02 Å². The molecular weight excluding hydrogens is 929 g/mol. The summed E-state index contributed by atoms with van der Waals surface area (Å²) in [6.45, 7) is 9.66. The Morgan fingerprint density at radius 3 is 2.36 bits per heavy atom. The summed E-state index contributed by atoms with van der Waals surface area (Å²) in [5.74, 6) is -1.22. The molecule has 2 saturated heterocycles. The Morgan fingerprint density at radius 1 is 0.957 bits per heavy atom. The predicted molar refractivity (Wildman–Crippen MR) is 265 cm³/mol. The topological polar surface area (TPSA) is 160 Å². The molecule has 0 bridgehead atoms. The maximum atomic E-state index is 14.4. The number of hydrogen-bond acceptors (Lipinski definition) is 9. The fraction of sp³-hybridized carbons (Fsp3) is 0.490. The Hall–Kier alpha value is -5.52. The molecule has 13 nitrogen and oxygen atoms in total. The summed E-state index contributed by atoms with van der Waals surface area (Å²) in [4.78, 5) is 69.3. The van der Waals surface area contributed by atoms with E-state index in [9.17, 15) is 37.5 Å². The van der Waals surface area contributed by atoms with Crippen LogP contribution in [0.4, 0.5) is 30.2 Å². The molecule has 0 spiro atoms. The molecule has 0 aliphatic carbocycles. The zero-order valence-electron chi connectivity index (χ0n) is 39.7. The van der Waals surface area contributed by atoms with E-state index >= 15 is 0 Å². The van der Waals surface area contributed by atoms with E-state index in [0.717, 1.165) is 41.0 Å². The number of anilines is 3. The summed E-state index contributed by atoms with van der Waals surface area (Å²) in [6, 6.07) is 14.3. The minimum atomic E-state index is -2.67. The van der Waals surface area contributed by atoms with Gasteiger partial charge in [0.25, 0.3) is 6.43 Å². The second-order valence-corrected chi connectivity index (χ2v) is 20.7. The van der Waals surface area contributed by atoms with E-state index < -0.39 is 48.3 Å². The van der Waals surface area contributed by atoms with Crippen LogP contribution < -0.4 is 20.9 Å². The van der Waals surface area contributed by atoms with Crippen molar-refractivity contribution in [3.8, 4) is 10.4 Å². The zero-order chi connectivity index (χ0) is 49.6. The molecule has 3 aliphatic rings. The summed E-state index contributed by atoms with van der Waals surface area (Å²) in [7, 11) is 0. The van der Waals surface area contributed by atoms with Gasteiger partial charge in [-0.3, -0.25) is 24.2 Å². The summed E-state index contributed by atoms with van der Waals surface area (Å²) < 4.78 is 42.1. The number of amidine groups is 1. The van der Waals surface area contributed by atoms with Crippen LogP contribution in [0.1, 0.15) is 108 Å². The van der Waals surface area contributed by atoms with E-state index in [-0.39, 0.29) is 49.2 Å². The molecule has 1 aromatic heterocycles. The number of halogens is 4. The number of aryl methyl sites for hydroxylation is 1. The van der Waals surface area contributed by atoms with E-state index in [2.05, 4.69) is 20.9 Å². The first-order chi connectivity index (χ1) is 32.9. The predicted octanol–water partition coefficient (Wildman–Crippen LogP) is 9.19. The number of aliphatic imine (C=N–C) groups is 1. The lowest BCUT2D eigenvalue weighted by Gasteiger charge is -2.35. The molecule has 0 unspecified atom stereocenters. The van der Waals surface area contributed by atoms with Gasteiger partial charge in [0.15, 0.2) is 0 Å². The summed E-state index contributed by atoms with van der Waals surface area (Å²) in [5.41, 5.74) is 5.64. The molecule has 3 aliphatic heterocycles. The van der Waals surface area contributed by atoms with Crippen molar-refractivity contribution >= 4 is 69.5 Å². The Labute approximate surface area is 410 Å². The second-order valence-electron chi connectivity index (χ2n) is 19.4. The van der Waals surface area contributed by atoms with E-state index in [1.54, 1.807) is 34.4 Å². The van der Waals surface area contributed by atoms with Crippen molar-refractivity contribution in [1.82, 2.24) is 25.4 Å². The number of benzene rings is 3. The van der Waals surface area contributed by atoms with Crippen LogP contribution in [0.25, 0.3) is 10.4 Å². The minimum absolute atomic E-state index is 0.00966. The number of alkyl halides is 2. The number of amides is 4. The molecule has 370 valence electrons. The number of fused-ring (bicyclic) bond motifs is 2. The molecule has 18 heteroatoms. The lowest BCUT2D eigenvalue weighted by atomic mass is 9.85. The van der Waals surface area contributed by atoms with Crippen LogP contribution in [-0.2, 0) is 19.2 Å². The number of nitrogens with one attached hydrogen (secondary N) is 3. The van der Waals surface area contributed by atoms with E-state index in [1.165, 1.54) is 28.0 Å². The minimum Gasteiger partial charge on any atom is -0.391 e. The van der Waals surface area contributed by atoms with Gasteiger partial charge in [0.1, 0.15) is 23.7 Å². The molecule has 0 saturated carbocycles. The lowest BCUT2D eigenvalue weighted by molar-refractivity contribution is -0.144. The van der Waals surface area contributed by atoms with Gasteiger partial charge in [-0.15, -0.1) is 11.3 Å². The van der Waals surface area contributed by atoms with Crippen LogP contribution in [-0.4, -0.2) is 106 Å². The van der Waals surface area contributed by atoms with Gasteiger partial charge in [-0.25, -0.2) is 18.2 Å². The Bertz CT molecular complexity index is 2520. The number of thiazole rings is 1. The first kappa shape index (κ1) is 51.3. The van der Waals surface area contributed by atoms with Gasteiger partial charge in [-0.1, -0.05) is 75.9 Å². The number of nitrogens with zero attached hydrogens (tertiary/aromatic N) is 5. The molecule has 69 heavy (non-hydrogen) atoms. The van der Waals surface area contributed by atoms with Gasteiger partial charge in [-0.2, -0.15) is 0 Å². The standard InChI is InChI=1S/C51H62ClF3N8O5S/c1-30(32-13-15-33(16-14-32)46-31(2)56-29-69-46)57-49(67)42-25-37(64)27-63(42)50(68)47(51(3,4)5)60-44(65)11-9-7-6-8-10-12-45(66)61-22-21-36(26-61)58-48-38-23-34(52)17-19-40(38)62(28-43(54)55)41-20-18-35(53)24-39(41)59-48/h13-20,23-24,29-30,36-37,42-43,47,64H,6-12,21-22,25-28H2,1-5H3,(H,57,67)(H,58,59)(H,60,65)/t30-,36-,37+,42-,47+/m0/s1. The quantitative estimate of drug-likeness (QED) is 0.0763. The molecule has 4 amide bonds. The monoisotopic (exact) mass is 990 g/mol. The van der Waals surface area contributed by atoms with Crippen molar-refractivity contribution in [2.75, 3.05) is 36.4 Å². The van der Waals surface area contributed by atoms with Crippen molar-refractivity contribution in [3.05, 3.63) is 93.8 Å². The van der Waals surface area contributed by atoms with Gasteiger partial charge < -0.3 is 35.8 Å². The number of rotatable bonds is 17. The molecule has 4 heterocycles. The van der Waals surface area contributed by atoms with Crippen LogP contribution in [0.5, 0.6) is 0 Å². The van der Waals surface area contributed by atoms with Crippen LogP contribution in [0.15, 0.2) is 71.2 Å². The third-order valence-corrected chi connectivity index (χ3v) is 14.2. The molecule has 2 fully saturated rings. The average molecular weight is 992 g/mol. The zero-order valence-corrected chi connectivity index (χ0v) is 41.3.